The maximum atomic E-state index is 3.88. The quantitative estimate of drug-likeness (QED) is 0.285. The Bertz CT molecular complexity index is 1290. The molecule has 0 bridgehead atoms. The van der Waals surface area contributed by atoms with E-state index in [1.807, 2.05) is 36.4 Å². The third kappa shape index (κ3) is 3.95. The predicted octanol–water partition coefficient (Wildman–Crippen LogP) is 8.45. The molecule has 1 aromatic heterocycles. The van der Waals surface area contributed by atoms with Gasteiger partial charge in [0.15, 0.2) is 0 Å². The maximum Gasteiger partial charge on any atom is 0.0491 e. The van der Waals surface area contributed by atoms with Crippen molar-refractivity contribution in [1.82, 2.24) is 4.57 Å². The second kappa shape index (κ2) is 9.32. The van der Waals surface area contributed by atoms with Gasteiger partial charge in [0, 0.05) is 28.4 Å². The fourth-order valence-corrected chi connectivity index (χ4v) is 4.20. The van der Waals surface area contributed by atoms with E-state index in [0.717, 1.165) is 17.7 Å². The van der Waals surface area contributed by atoms with Crippen molar-refractivity contribution in [2.45, 2.75) is 13.5 Å². The predicted molar refractivity (Wildman–Crippen MR) is 137 cm³/mol. The Morgan fingerprint density at radius 3 is 1.77 bits per heavy atom. The minimum atomic E-state index is 1.02. The van der Waals surface area contributed by atoms with Gasteiger partial charge in [0.2, 0.25) is 0 Å². The van der Waals surface area contributed by atoms with Crippen molar-refractivity contribution in [3.05, 3.63) is 121 Å². The Morgan fingerprint density at radius 1 is 0.645 bits per heavy atom. The molecule has 152 valence electrons. The lowest BCUT2D eigenvalue weighted by molar-refractivity contribution is 0.827. The zero-order valence-electron chi connectivity index (χ0n) is 18.0. The van der Waals surface area contributed by atoms with Gasteiger partial charge in [-0.25, -0.2) is 0 Å². The number of benzene rings is 4. The van der Waals surface area contributed by atoms with Gasteiger partial charge in [0.1, 0.15) is 0 Å². The summed E-state index contributed by atoms with van der Waals surface area (Å²) in [4.78, 5) is 0. The topological polar surface area (TPSA) is 4.93 Å². The number of para-hydroxylation sites is 2. The number of fused-ring (bicyclic) bond motifs is 3. The van der Waals surface area contributed by atoms with Crippen molar-refractivity contribution < 1.29 is 0 Å². The SMILES string of the molecule is C=Cc1cccc(-c2ccccc2)c1C=C.CCn1c2ccccc2c2ccccc21. The monoisotopic (exact) mass is 401 g/mol. The summed E-state index contributed by atoms with van der Waals surface area (Å²) in [6.45, 7) is 10.9. The molecule has 5 aromatic rings. The van der Waals surface area contributed by atoms with E-state index in [0.29, 0.717) is 0 Å². The molecule has 1 heterocycles. The third-order valence-corrected chi connectivity index (χ3v) is 5.64. The molecule has 4 aromatic carbocycles. The summed E-state index contributed by atoms with van der Waals surface area (Å²) in [6.07, 6.45) is 3.75. The van der Waals surface area contributed by atoms with Gasteiger partial charge < -0.3 is 4.57 Å². The molecule has 1 nitrogen and oxygen atoms in total. The molecule has 0 aliphatic carbocycles. The summed E-state index contributed by atoms with van der Waals surface area (Å²) in [7, 11) is 0. The minimum Gasteiger partial charge on any atom is -0.341 e. The minimum absolute atomic E-state index is 1.02. The summed E-state index contributed by atoms with van der Waals surface area (Å²) in [5, 5.41) is 2.71. The van der Waals surface area contributed by atoms with Crippen LogP contribution < -0.4 is 0 Å². The Balaban J connectivity index is 0.000000149. The van der Waals surface area contributed by atoms with Crippen molar-refractivity contribution in [1.29, 1.82) is 0 Å². The molecule has 0 atom stereocenters. The summed E-state index contributed by atoms with van der Waals surface area (Å²) >= 11 is 0. The summed E-state index contributed by atoms with van der Waals surface area (Å²) < 4.78 is 2.37. The highest BCUT2D eigenvalue weighted by Gasteiger charge is 2.07. The first-order chi connectivity index (χ1) is 15.3. The van der Waals surface area contributed by atoms with Gasteiger partial charge in [0.25, 0.3) is 0 Å². The van der Waals surface area contributed by atoms with Gasteiger partial charge in [-0.2, -0.15) is 0 Å². The molecule has 31 heavy (non-hydrogen) atoms. The van der Waals surface area contributed by atoms with Crippen LogP contribution in [0.1, 0.15) is 18.1 Å². The molecular weight excluding hydrogens is 374 g/mol. The average molecular weight is 402 g/mol. The highest BCUT2D eigenvalue weighted by atomic mass is 15.0. The van der Waals surface area contributed by atoms with Crippen LogP contribution in [0.5, 0.6) is 0 Å². The van der Waals surface area contributed by atoms with Crippen LogP contribution >= 0.6 is 0 Å². The summed E-state index contributed by atoms with van der Waals surface area (Å²) in [5.74, 6) is 0. The van der Waals surface area contributed by atoms with Crippen LogP contribution in [-0.4, -0.2) is 4.57 Å². The van der Waals surface area contributed by atoms with E-state index >= 15 is 0 Å². The van der Waals surface area contributed by atoms with Crippen LogP contribution in [0.3, 0.4) is 0 Å². The lowest BCUT2D eigenvalue weighted by atomic mass is 9.95. The Hall–Kier alpha value is -3.84. The first kappa shape index (κ1) is 20.4. The van der Waals surface area contributed by atoms with E-state index in [4.69, 9.17) is 0 Å². The fraction of sp³-hybridized carbons (Fsp3) is 0.0667. The molecule has 0 saturated carbocycles. The molecule has 0 aliphatic rings. The van der Waals surface area contributed by atoms with Crippen LogP contribution in [0.2, 0.25) is 0 Å². The van der Waals surface area contributed by atoms with Gasteiger partial charge in [0.05, 0.1) is 0 Å². The summed E-state index contributed by atoms with van der Waals surface area (Å²) in [6, 6.07) is 33.7. The molecule has 0 spiro atoms. The first-order valence-electron chi connectivity index (χ1n) is 10.7. The smallest absolute Gasteiger partial charge is 0.0491 e. The molecule has 0 amide bonds. The number of hydrogen-bond acceptors (Lipinski definition) is 0. The molecule has 0 unspecified atom stereocenters. The highest BCUT2D eigenvalue weighted by Crippen LogP contribution is 2.29. The van der Waals surface area contributed by atoms with Gasteiger partial charge in [-0.3, -0.25) is 0 Å². The van der Waals surface area contributed by atoms with Gasteiger partial charge in [-0.05, 0) is 41.3 Å². The van der Waals surface area contributed by atoms with Crippen LogP contribution in [0.25, 0.3) is 45.1 Å². The van der Waals surface area contributed by atoms with E-state index in [1.54, 1.807) is 0 Å². The molecule has 0 radical (unpaired) electrons. The number of rotatable bonds is 4. The van der Waals surface area contributed by atoms with E-state index in [1.165, 1.54) is 32.9 Å². The van der Waals surface area contributed by atoms with Gasteiger partial charge >= 0.3 is 0 Å². The van der Waals surface area contributed by atoms with E-state index < -0.39 is 0 Å². The Morgan fingerprint density at radius 2 is 1.23 bits per heavy atom. The van der Waals surface area contributed by atoms with E-state index in [9.17, 15) is 0 Å². The Labute approximate surface area is 184 Å². The van der Waals surface area contributed by atoms with Crippen LogP contribution in [0.15, 0.2) is 110 Å². The number of nitrogens with zero attached hydrogens (tertiary/aromatic N) is 1. The van der Waals surface area contributed by atoms with Crippen molar-refractivity contribution in [2.24, 2.45) is 0 Å². The highest BCUT2D eigenvalue weighted by molar-refractivity contribution is 6.07. The maximum absolute atomic E-state index is 3.88. The van der Waals surface area contributed by atoms with Crippen molar-refractivity contribution in [3.8, 4) is 11.1 Å². The zero-order valence-corrected chi connectivity index (χ0v) is 18.0. The number of aryl methyl sites for hydroxylation is 1. The summed E-state index contributed by atoms with van der Waals surface area (Å²) in [5.41, 5.74) is 7.34. The molecule has 5 rings (SSSR count). The Kier molecular flexibility index (Phi) is 6.14. The van der Waals surface area contributed by atoms with Crippen molar-refractivity contribution in [2.75, 3.05) is 0 Å². The molecule has 0 saturated heterocycles. The largest absolute Gasteiger partial charge is 0.341 e. The van der Waals surface area contributed by atoms with Crippen LogP contribution in [-0.2, 0) is 6.54 Å². The van der Waals surface area contributed by atoms with Gasteiger partial charge in [-0.15, -0.1) is 0 Å². The second-order valence-corrected chi connectivity index (χ2v) is 7.36. The molecule has 0 aliphatic heterocycles. The number of aromatic nitrogens is 1. The lowest BCUT2D eigenvalue weighted by Gasteiger charge is -2.09. The van der Waals surface area contributed by atoms with E-state index in [-0.39, 0.29) is 0 Å². The lowest BCUT2D eigenvalue weighted by Crippen LogP contribution is -1.91. The molecular formula is C30H27N. The van der Waals surface area contributed by atoms with Crippen LogP contribution in [0, 0.1) is 0 Å². The van der Waals surface area contributed by atoms with Crippen molar-refractivity contribution >= 4 is 34.0 Å². The standard InChI is InChI=1S/C16H14.C14H13N/c1-3-13-11-8-12-16(15(13)4-2)14-9-6-5-7-10-14;1-2-15-13-9-5-3-7-11(13)12-8-4-6-10-14(12)15/h3-12H,1-2H2;3-10H,2H2,1H3. The van der Waals surface area contributed by atoms with Gasteiger partial charge in [-0.1, -0.05) is 110 Å². The van der Waals surface area contributed by atoms with E-state index in [2.05, 4.69) is 97.4 Å². The average Bonchev–Trinajstić information content (AvgIpc) is 3.18. The van der Waals surface area contributed by atoms with Crippen molar-refractivity contribution in [3.63, 3.8) is 0 Å². The molecule has 1 heteroatoms. The van der Waals surface area contributed by atoms with Crippen LogP contribution in [0.4, 0.5) is 0 Å². The zero-order chi connectivity index (χ0) is 21.6. The molecule has 0 N–H and O–H groups in total. The number of hydrogen-bond donors (Lipinski definition) is 0. The third-order valence-electron chi connectivity index (χ3n) is 5.64. The normalized spacial score (nSPS) is 10.5. The second-order valence-electron chi connectivity index (χ2n) is 7.36. The fourth-order valence-electron chi connectivity index (χ4n) is 4.20. The first-order valence-corrected chi connectivity index (χ1v) is 10.7. The molecule has 0 fully saturated rings.